The largest absolute Gasteiger partial charge is 0.344 e. The first-order valence-electron chi connectivity index (χ1n) is 5.70. The molecule has 1 aromatic heterocycles. The molecule has 0 spiro atoms. The van der Waals surface area contributed by atoms with Crippen molar-refractivity contribution in [1.29, 1.82) is 0 Å². The van der Waals surface area contributed by atoms with E-state index in [2.05, 4.69) is 10.4 Å². The van der Waals surface area contributed by atoms with Crippen molar-refractivity contribution in [2.24, 2.45) is 5.92 Å². The maximum Gasteiger partial charge on any atom is 0.242 e. The summed E-state index contributed by atoms with van der Waals surface area (Å²) >= 11 is 0. The Kier molecular flexibility index (Phi) is 4.43. The van der Waals surface area contributed by atoms with Crippen molar-refractivity contribution < 1.29 is 9.59 Å². The standard InChI is InChI=1S/C12H19N3O2/c1-8(2)12(10(4)16)13-11(17)7-15-6-5-9(3)14-15/h5-6,8,12H,7H2,1-4H3,(H,13,17). The molecule has 0 fully saturated rings. The first-order chi connectivity index (χ1) is 7.90. The lowest BCUT2D eigenvalue weighted by atomic mass is 10.0. The van der Waals surface area contributed by atoms with Gasteiger partial charge in [-0.2, -0.15) is 5.10 Å². The summed E-state index contributed by atoms with van der Waals surface area (Å²) in [6, 6.07) is 1.41. The summed E-state index contributed by atoms with van der Waals surface area (Å²) in [7, 11) is 0. The van der Waals surface area contributed by atoms with Crippen molar-refractivity contribution in [2.45, 2.75) is 40.3 Å². The molecule has 1 N–H and O–H groups in total. The van der Waals surface area contributed by atoms with Gasteiger partial charge in [-0.25, -0.2) is 0 Å². The fourth-order valence-electron chi connectivity index (χ4n) is 1.66. The Morgan fingerprint density at radius 2 is 2.12 bits per heavy atom. The molecule has 0 aliphatic heterocycles. The van der Waals surface area contributed by atoms with Crippen molar-refractivity contribution in [3.8, 4) is 0 Å². The Bertz CT molecular complexity index is 410. The van der Waals surface area contributed by atoms with Gasteiger partial charge in [0.2, 0.25) is 5.91 Å². The number of aryl methyl sites for hydroxylation is 1. The topological polar surface area (TPSA) is 64.0 Å². The Morgan fingerprint density at radius 1 is 1.47 bits per heavy atom. The van der Waals surface area contributed by atoms with E-state index in [4.69, 9.17) is 0 Å². The van der Waals surface area contributed by atoms with Gasteiger partial charge in [0.05, 0.1) is 11.7 Å². The zero-order valence-electron chi connectivity index (χ0n) is 10.7. The molecule has 1 heterocycles. The predicted octanol–water partition coefficient (Wildman–Crippen LogP) is 0.921. The molecule has 0 aliphatic rings. The second kappa shape index (κ2) is 5.61. The summed E-state index contributed by atoms with van der Waals surface area (Å²) in [5.74, 6) is -0.122. The third kappa shape index (κ3) is 4.01. The monoisotopic (exact) mass is 237 g/mol. The second-order valence-electron chi connectivity index (χ2n) is 4.55. The molecule has 1 unspecified atom stereocenters. The molecule has 0 bridgehead atoms. The highest BCUT2D eigenvalue weighted by Gasteiger charge is 2.20. The van der Waals surface area contributed by atoms with Crippen LogP contribution < -0.4 is 5.32 Å². The van der Waals surface area contributed by atoms with Crippen LogP contribution in [0.5, 0.6) is 0 Å². The van der Waals surface area contributed by atoms with Crippen LogP contribution in [-0.2, 0) is 16.1 Å². The van der Waals surface area contributed by atoms with Gasteiger partial charge in [0.25, 0.3) is 0 Å². The number of aromatic nitrogens is 2. The zero-order chi connectivity index (χ0) is 13.0. The zero-order valence-corrected chi connectivity index (χ0v) is 10.7. The molecule has 0 aliphatic carbocycles. The summed E-state index contributed by atoms with van der Waals surface area (Å²) in [6.45, 7) is 7.31. The highest BCUT2D eigenvalue weighted by Crippen LogP contribution is 2.03. The molecule has 94 valence electrons. The normalized spacial score (nSPS) is 12.5. The number of hydrogen-bond acceptors (Lipinski definition) is 3. The number of nitrogens with zero attached hydrogens (tertiary/aromatic N) is 2. The number of carbonyl (C=O) groups is 2. The average Bonchev–Trinajstić information content (AvgIpc) is 2.59. The van der Waals surface area contributed by atoms with E-state index >= 15 is 0 Å². The average molecular weight is 237 g/mol. The fourth-order valence-corrected chi connectivity index (χ4v) is 1.66. The number of ketones is 1. The number of hydrogen-bond donors (Lipinski definition) is 1. The van der Waals surface area contributed by atoms with Crippen molar-refractivity contribution in [3.05, 3.63) is 18.0 Å². The van der Waals surface area contributed by atoms with Gasteiger partial charge in [-0.3, -0.25) is 14.3 Å². The molecular weight excluding hydrogens is 218 g/mol. The van der Waals surface area contributed by atoms with Crippen LogP contribution in [0.3, 0.4) is 0 Å². The summed E-state index contributed by atoms with van der Waals surface area (Å²) in [6.07, 6.45) is 1.74. The Morgan fingerprint density at radius 3 is 2.53 bits per heavy atom. The quantitative estimate of drug-likeness (QED) is 0.828. The molecule has 0 saturated carbocycles. The van der Waals surface area contributed by atoms with Gasteiger partial charge in [-0.1, -0.05) is 13.8 Å². The van der Waals surface area contributed by atoms with Crippen molar-refractivity contribution in [1.82, 2.24) is 15.1 Å². The fraction of sp³-hybridized carbons (Fsp3) is 0.583. The minimum atomic E-state index is -0.417. The van der Waals surface area contributed by atoms with Gasteiger partial charge >= 0.3 is 0 Å². The first kappa shape index (κ1) is 13.4. The SMILES string of the molecule is CC(=O)C(NC(=O)Cn1ccc(C)n1)C(C)C. The summed E-state index contributed by atoms with van der Waals surface area (Å²) in [5.41, 5.74) is 0.866. The van der Waals surface area contributed by atoms with E-state index in [9.17, 15) is 9.59 Å². The molecule has 1 aromatic rings. The molecular formula is C12H19N3O2. The van der Waals surface area contributed by atoms with E-state index in [0.29, 0.717) is 0 Å². The van der Waals surface area contributed by atoms with Crippen LogP contribution in [0.4, 0.5) is 0 Å². The van der Waals surface area contributed by atoms with Gasteiger partial charge < -0.3 is 5.32 Å². The van der Waals surface area contributed by atoms with Gasteiger partial charge in [-0.15, -0.1) is 0 Å². The van der Waals surface area contributed by atoms with Gasteiger partial charge in [-0.05, 0) is 25.8 Å². The van der Waals surface area contributed by atoms with E-state index in [0.717, 1.165) is 5.69 Å². The number of nitrogens with one attached hydrogen (secondary N) is 1. The van der Waals surface area contributed by atoms with Crippen LogP contribution >= 0.6 is 0 Å². The Hall–Kier alpha value is -1.65. The van der Waals surface area contributed by atoms with Gasteiger partial charge in [0, 0.05) is 6.20 Å². The predicted molar refractivity (Wildman–Crippen MR) is 64.4 cm³/mol. The second-order valence-corrected chi connectivity index (χ2v) is 4.55. The molecule has 5 heteroatoms. The van der Waals surface area contributed by atoms with E-state index in [1.165, 1.54) is 6.92 Å². The molecule has 1 rings (SSSR count). The van der Waals surface area contributed by atoms with Crippen molar-refractivity contribution in [2.75, 3.05) is 0 Å². The van der Waals surface area contributed by atoms with Crippen molar-refractivity contribution >= 4 is 11.7 Å². The van der Waals surface area contributed by atoms with Crippen molar-refractivity contribution in [3.63, 3.8) is 0 Å². The van der Waals surface area contributed by atoms with Crippen LogP contribution in [0.2, 0.25) is 0 Å². The summed E-state index contributed by atoms with van der Waals surface area (Å²) in [5, 5.41) is 6.84. The summed E-state index contributed by atoms with van der Waals surface area (Å²) in [4.78, 5) is 23.1. The minimum absolute atomic E-state index is 0.0232. The van der Waals surface area contributed by atoms with E-state index in [1.54, 1.807) is 10.9 Å². The Labute approximate surface area is 101 Å². The molecule has 1 amide bonds. The number of Topliss-reactive ketones (excluding diaryl/α,β-unsaturated/α-hetero) is 1. The molecule has 17 heavy (non-hydrogen) atoms. The maximum absolute atomic E-state index is 11.7. The van der Waals surface area contributed by atoms with Gasteiger partial charge in [0.15, 0.2) is 5.78 Å². The third-order valence-corrected chi connectivity index (χ3v) is 2.50. The summed E-state index contributed by atoms with van der Waals surface area (Å²) < 4.78 is 1.56. The highest BCUT2D eigenvalue weighted by atomic mass is 16.2. The lowest BCUT2D eigenvalue weighted by molar-refractivity contribution is -0.128. The number of rotatable bonds is 5. The lowest BCUT2D eigenvalue weighted by Crippen LogP contribution is -2.44. The third-order valence-electron chi connectivity index (χ3n) is 2.50. The number of carbonyl (C=O) groups excluding carboxylic acids is 2. The number of amides is 1. The van der Waals surface area contributed by atoms with E-state index < -0.39 is 6.04 Å². The molecule has 0 saturated heterocycles. The lowest BCUT2D eigenvalue weighted by Gasteiger charge is -2.19. The molecule has 5 nitrogen and oxygen atoms in total. The van der Waals surface area contributed by atoms with Crippen LogP contribution in [0.15, 0.2) is 12.3 Å². The minimum Gasteiger partial charge on any atom is -0.344 e. The van der Waals surface area contributed by atoms with Crippen LogP contribution in [-0.4, -0.2) is 27.5 Å². The van der Waals surface area contributed by atoms with Crippen LogP contribution in [0, 0.1) is 12.8 Å². The first-order valence-corrected chi connectivity index (χ1v) is 5.70. The maximum atomic E-state index is 11.7. The van der Waals surface area contributed by atoms with Crippen LogP contribution in [0.25, 0.3) is 0 Å². The Balaban J connectivity index is 2.56. The van der Waals surface area contributed by atoms with E-state index in [1.807, 2.05) is 26.8 Å². The molecule has 0 aromatic carbocycles. The van der Waals surface area contributed by atoms with Crippen LogP contribution in [0.1, 0.15) is 26.5 Å². The van der Waals surface area contributed by atoms with E-state index in [-0.39, 0.29) is 24.2 Å². The van der Waals surface area contributed by atoms with Gasteiger partial charge in [0.1, 0.15) is 6.54 Å². The molecule has 0 radical (unpaired) electrons. The smallest absolute Gasteiger partial charge is 0.242 e. The highest BCUT2D eigenvalue weighted by molar-refractivity contribution is 5.87. The molecule has 1 atom stereocenters.